The van der Waals surface area contributed by atoms with Crippen LogP contribution >= 0.6 is 11.6 Å². The first-order chi connectivity index (χ1) is 9.97. The molecule has 0 amide bonds. The molecule has 3 aromatic rings. The smallest absolute Gasteiger partial charge is 0.332 e. The third-order valence-electron chi connectivity index (χ3n) is 3.43. The third-order valence-corrected chi connectivity index (χ3v) is 3.68. The lowest BCUT2D eigenvalue weighted by Gasteiger charge is -2.00. The molecule has 108 valence electrons. The summed E-state index contributed by atoms with van der Waals surface area (Å²) in [5.41, 5.74) is 0.955. The van der Waals surface area contributed by atoms with Crippen LogP contribution in [0.1, 0.15) is 11.4 Å². The molecular weight excluding hydrogens is 292 g/mol. The summed E-state index contributed by atoms with van der Waals surface area (Å²) in [6.07, 6.45) is 0.531. The summed E-state index contributed by atoms with van der Waals surface area (Å²) in [6.45, 7) is 0. The number of benzene rings is 1. The van der Waals surface area contributed by atoms with E-state index in [1.165, 1.54) is 11.6 Å². The van der Waals surface area contributed by atoms with Crippen molar-refractivity contribution in [3.63, 3.8) is 0 Å². The van der Waals surface area contributed by atoms with Crippen molar-refractivity contribution in [2.75, 3.05) is 0 Å². The number of H-pyrrole nitrogens is 1. The second-order valence-electron chi connectivity index (χ2n) is 4.89. The van der Waals surface area contributed by atoms with Crippen LogP contribution in [0.25, 0.3) is 11.2 Å². The fourth-order valence-electron chi connectivity index (χ4n) is 2.25. The molecule has 0 aliphatic heterocycles. The van der Waals surface area contributed by atoms with Gasteiger partial charge in [0.2, 0.25) is 0 Å². The molecule has 7 heteroatoms. The normalized spacial score (nSPS) is 11.2. The molecule has 0 spiro atoms. The van der Waals surface area contributed by atoms with E-state index in [2.05, 4.69) is 9.97 Å². The number of aryl methyl sites for hydroxylation is 1. The zero-order valence-electron chi connectivity index (χ0n) is 11.6. The second-order valence-corrected chi connectivity index (χ2v) is 5.33. The Hall–Kier alpha value is -2.34. The number of aromatic amines is 1. The molecule has 0 fully saturated rings. The first-order valence-electron chi connectivity index (χ1n) is 6.36. The number of hydrogen-bond donors (Lipinski definition) is 1. The van der Waals surface area contributed by atoms with E-state index >= 15 is 0 Å². The Morgan fingerprint density at radius 1 is 1.14 bits per heavy atom. The topological polar surface area (TPSA) is 72.7 Å². The number of aromatic nitrogens is 4. The molecule has 0 aliphatic carbocycles. The van der Waals surface area contributed by atoms with Crippen molar-refractivity contribution in [3.8, 4) is 0 Å². The van der Waals surface area contributed by atoms with Gasteiger partial charge in [0.25, 0.3) is 5.56 Å². The van der Waals surface area contributed by atoms with Crippen molar-refractivity contribution in [3.05, 3.63) is 61.5 Å². The summed E-state index contributed by atoms with van der Waals surface area (Å²) in [7, 11) is 3.04. The van der Waals surface area contributed by atoms with Crippen molar-refractivity contribution < 1.29 is 0 Å². The lowest BCUT2D eigenvalue weighted by Crippen LogP contribution is -2.36. The highest BCUT2D eigenvalue weighted by Crippen LogP contribution is 2.13. The fourth-order valence-corrected chi connectivity index (χ4v) is 2.38. The highest BCUT2D eigenvalue weighted by Gasteiger charge is 2.13. The molecular formula is C14H13ClN4O2. The maximum Gasteiger partial charge on any atom is 0.332 e. The van der Waals surface area contributed by atoms with E-state index in [1.54, 1.807) is 19.2 Å². The van der Waals surface area contributed by atoms with Crippen molar-refractivity contribution in [1.82, 2.24) is 19.1 Å². The van der Waals surface area contributed by atoms with E-state index in [1.807, 2.05) is 12.1 Å². The maximum absolute atomic E-state index is 12.1. The molecule has 2 heterocycles. The molecule has 3 rings (SSSR count). The summed E-state index contributed by atoms with van der Waals surface area (Å²) < 4.78 is 2.42. The molecule has 0 saturated carbocycles. The minimum absolute atomic E-state index is 0.337. The van der Waals surface area contributed by atoms with Gasteiger partial charge in [-0.2, -0.15) is 0 Å². The van der Waals surface area contributed by atoms with Crippen LogP contribution in [0.3, 0.4) is 0 Å². The van der Waals surface area contributed by atoms with E-state index in [-0.39, 0.29) is 5.56 Å². The molecule has 6 nitrogen and oxygen atoms in total. The lowest BCUT2D eigenvalue weighted by atomic mass is 10.1. The molecule has 0 aliphatic rings. The van der Waals surface area contributed by atoms with Gasteiger partial charge in [0.15, 0.2) is 5.65 Å². The second kappa shape index (κ2) is 4.89. The van der Waals surface area contributed by atoms with Crippen molar-refractivity contribution in [1.29, 1.82) is 0 Å². The van der Waals surface area contributed by atoms with Gasteiger partial charge in [-0.15, -0.1) is 0 Å². The highest BCUT2D eigenvalue weighted by atomic mass is 35.5. The monoisotopic (exact) mass is 304 g/mol. The van der Waals surface area contributed by atoms with E-state index in [4.69, 9.17) is 11.6 Å². The van der Waals surface area contributed by atoms with Crippen LogP contribution in [-0.2, 0) is 20.5 Å². The van der Waals surface area contributed by atoms with Gasteiger partial charge in [-0.1, -0.05) is 23.7 Å². The number of halogens is 1. The van der Waals surface area contributed by atoms with Gasteiger partial charge in [0, 0.05) is 25.5 Å². The molecule has 0 saturated heterocycles. The minimum atomic E-state index is -0.392. The molecule has 21 heavy (non-hydrogen) atoms. The number of rotatable bonds is 2. The largest absolute Gasteiger partial charge is 0.336 e. The van der Waals surface area contributed by atoms with Gasteiger partial charge < -0.3 is 4.98 Å². The molecule has 2 aromatic heterocycles. The van der Waals surface area contributed by atoms with Gasteiger partial charge in [-0.25, -0.2) is 9.78 Å². The van der Waals surface area contributed by atoms with Crippen LogP contribution in [0.4, 0.5) is 0 Å². The molecule has 0 radical (unpaired) electrons. The Morgan fingerprint density at radius 2 is 1.81 bits per heavy atom. The standard InChI is InChI=1S/C14H13ClN4O2/c1-18-12-11(13(20)19(2)14(18)21)16-10(17-12)7-8-3-5-9(15)6-4-8/h3-6H,7H2,1-2H3,(H,16,17). The van der Waals surface area contributed by atoms with Crippen molar-refractivity contribution in [2.24, 2.45) is 14.1 Å². The van der Waals surface area contributed by atoms with Crippen LogP contribution in [0.5, 0.6) is 0 Å². The Labute approximate surface area is 124 Å². The maximum atomic E-state index is 12.1. The number of fused-ring (bicyclic) bond motifs is 1. The number of hydrogen-bond acceptors (Lipinski definition) is 3. The zero-order valence-corrected chi connectivity index (χ0v) is 12.3. The van der Waals surface area contributed by atoms with Crippen molar-refractivity contribution >= 4 is 22.8 Å². The Bertz CT molecular complexity index is 934. The Morgan fingerprint density at radius 3 is 2.48 bits per heavy atom. The Balaban J connectivity index is 2.12. The van der Waals surface area contributed by atoms with E-state index in [0.717, 1.165) is 10.1 Å². The summed E-state index contributed by atoms with van der Waals surface area (Å²) in [6, 6.07) is 7.39. The van der Waals surface area contributed by atoms with E-state index in [0.29, 0.717) is 28.4 Å². The fraction of sp³-hybridized carbons (Fsp3) is 0.214. The molecule has 1 N–H and O–H groups in total. The predicted molar refractivity (Wildman–Crippen MR) is 80.8 cm³/mol. The molecule has 1 aromatic carbocycles. The third kappa shape index (κ3) is 2.27. The van der Waals surface area contributed by atoms with Gasteiger partial charge in [-0.3, -0.25) is 13.9 Å². The quantitative estimate of drug-likeness (QED) is 0.773. The Kier molecular flexibility index (Phi) is 3.17. The van der Waals surface area contributed by atoms with E-state index in [9.17, 15) is 9.59 Å². The summed E-state index contributed by atoms with van der Waals surface area (Å²) in [4.78, 5) is 31.3. The summed E-state index contributed by atoms with van der Waals surface area (Å²) in [5, 5.41) is 0.666. The first-order valence-corrected chi connectivity index (χ1v) is 6.74. The molecule has 0 bridgehead atoms. The average Bonchev–Trinajstić information content (AvgIpc) is 2.89. The van der Waals surface area contributed by atoms with Gasteiger partial charge in [0.05, 0.1) is 0 Å². The lowest BCUT2D eigenvalue weighted by molar-refractivity contribution is 0.708. The van der Waals surface area contributed by atoms with Gasteiger partial charge in [0.1, 0.15) is 11.3 Å². The van der Waals surface area contributed by atoms with Crippen LogP contribution in [0, 0.1) is 0 Å². The SMILES string of the molecule is Cn1c(=O)c2[nH]c(Cc3ccc(Cl)cc3)nc2n(C)c1=O. The molecule has 0 atom stereocenters. The highest BCUT2D eigenvalue weighted by molar-refractivity contribution is 6.30. The van der Waals surface area contributed by atoms with Crippen LogP contribution < -0.4 is 11.2 Å². The predicted octanol–water partition coefficient (Wildman–Crippen LogP) is 1.20. The van der Waals surface area contributed by atoms with Crippen molar-refractivity contribution in [2.45, 2.75) is 6.42 Å². The minimum Gasteiger partial charge on any atom is -0.336 e. The van der Waals surface area contributed by atoms with Gasteiger partial charge >= 0.3 is 5.69 Å². The van der Waals surface area contributed by atoms with E-state index < -0.39 is 5.69 Å². The zero-order chi connectivity index (χ0) is 15.1. The average molecular weight is 305 g/mol. The summed E-state index contributed by atoms with van der Waals surface area (Å²) >= 11 is 5.85. The number of imidazole rings is 1. The number of nitrogens with zero attached hydrogens (tertiary/aromatic N) is 3. The van der Waals surface area contributed by atoms with Crippen LogP contribution in [0.15, 0.2) is 33.9 Å². The number of nitrogens with one attached hydrogen (secondary N) is 1. The van der Waals surface area contributed by atoms with Crippen LogP contribution in [0.2, 0.25) is 5.02 Å². The van der Waals surface area contributed by atoms with Gasteiger partial charge in [-0.05, 0) is 17.7 Å². The van der Waals surface area contributed by atoms with Crippen LogP contribution in [-0.4, -0.2) is 19.1 Å². The first kappa shape index (κ1) is 13.6. The molecule has 0 unspecified atom stereocenters. The summed E-state index contributed by atoms with van der Waals surface area (Å²) in [5.74, 6) is 0.630.